The first-order chi connectivity index (χ1) is 18.1. The zero-order valence-corrected chi connectivity index (χ0v) is 21.6. The van der Waals surface area contributed by atoms with Crippen LogP contribution in [0, 0.1) is 5.95 Å². The zero-order valence-electron chi connectivity index (χ0n) is 20.0. The van der Waals surface area contributed by atoms with Crippen LogP contribution < -0.4 is 4.74 Å². The third kappa shape index (κ3) is 4.82. The number of aromatic nitrogens is 3. The van der Waals surface area contributed by atoms with Crippen molar-refractivity contribution in [2.75, 3.05) is 39.5 Å². The fourth-order valence-corrected chi connectivity index (χ4v) is 6.01. The molecule has 8 nitrogen and oxygen atoms in total. The van der Waals surface area contributed by atoms with E-state index in [1.165, 1.54) is 17.5 Å². The number of imidazole rings is 1. The maximum absolute atomic E-state index is 14.9. The standard InChI is InChI=1S/C26H25ClFN5O3S/c27-19-14-17(15-31-8-11-35-12-9-31)3-4-21(19)36-16-22(34)32-7-5-20-24(33-10-13-37-26(33)30-20)23(32)18-2-1-6-29-25(18)28/h1-4,6,10,13-14,23H,5,7-9,11-12,15-16H2. The van der Waals surface area contributed by atoms with Crippen molar-refractivity contribution in [3.8, 4) is 5.75 Å². The summed E-state index contributed by atoms with van der Waals surface area (Å²) in [6.45, 7) is 4.18. The molecule has 1 unspecified atom stereocenters. The highest BCUT2D eigenvalue weighted by molar-refractivity contribution is 7.15. The number of ether oxygens (including phenoxy) is 2. The molecule has 5 heterocycles. The van der Waals surface area contributed by atoms with Crippen LogP contribution in [-0.4, -0.2) is 69.5 Å². The number of morpholine rings is 1. The smallest absolute Gasteiger partial charge is 0.261 e. The highest BCUT2D eigenvalue weighted by Gasteiger charge is 2.37. The Labute approximate surface area is 222 Å². The van der Waals surface area contributed by atoms with Gasteiger partial charge < -0.3 is 14.4 Å². The largest absolute Gasteiger partial charge is 0.482 e. The second kappa shape index (κ2) is 10.4. The SMILES string of the molecule is O=C(COc1ccc(CN2CCOCC2)cc1Cl)N1CCc2nc3sccn3c2C1c1cccnc1F. The first-order valence-corrected chi connectivity index (χ1v) is 13.4. The molecule has 4 aromatic rings. The van der Waals surface area contributed by atoms with Crippen LogP contribution in [0.2, 0.25) is 5.02 Å². The molecule has 192 valence electrons. The summed E-state index contributed by atoms with van der Waals surface area (Å²) in [6.07, 6.45) is 3.87. The number of fused-ring (bicyclic) bond motifs is 3. The first kappa shape index (κ1) is 24.3. The van der Waals surface area contributed by atoms with Gasteiger partial charge in [-0.2, -0.15) is 4.39 Å². The summed E-state index contributed by atoms with van der Waals surface area (Å²) in [5.74, 6) is -0.437. The average molecular weight is 542 g/mol. The lowest BCUT2D eigenvalue weighted by molar-refractivity contribution is -0.135. The number of amides is 1. The molecule has 2 aliphatic heterocycles. The highest BCUT2D eigenvalue weighted by Crippen LogP contribution is 2.37. The molecule has 1 aromatic carbocycles. The number of rotatable bonds is 6. The van der Waals surface area contributed by atoms with Crippen molar-refractivity contribution in [1.29, 1.82) is 0 Å². The Morgan fingerprint density at radius 3 is 2.92 bits per heavy atom. The summed E-state index contributed by atoms with van der Waals surface area (Å²) < 4.78 is 28.1. The summed E-state index contributed by atoms with van der Waals surface area (Å²) in [5.41, 5.74) is 3.05. The molecule has 1 fully saturated rings. The van der Waals surface area contributed by atoms with Gasteiger partial charge in [-0.15, -0.1) is 11.3 Å². The molecule has 0 bridgehead atoms. The first-order valence-electron chi connectivity index (χ1n) is 12.1. The van der Waals surface area contributed by atoms with Gasteiger partial charge in [0.1, 0.15) is 11.8 Å². The summed E-state index contributed by atoms with van der Waals surface area (Å²) in [5, 5.41) is 2.37. The minimum atomic E-state index is -0.662. The van der Waals surface area contributed by atoms with Gasteiger partial charge in [0.2, 0.25) is 5.95 Å². The van der Waals surface area contributed by atoms with Gasteiger partial charge in [-0.3, -0.25) is 14.1 Å². The molecule has 37 heavy (non-hydrogen) atoms. The predicted molar refractivity (Wildman–Crippen MR) is 138 cm³/mol. The normalized spacial score (nSPS) is 18.2. The van der Waals surface area contributed by atoms with Crippen LogP contribution in [-0.2, 0) is 22.5 Å². The van der Waals surface area contributed by atoms with Crippen LogP contribution >= 0.6 is 22.9 Å². The van der Waals surface area contributed by atoms with E-state index in [9.17, 15) is 9.18 Å². The number of carbonyl (C=O) groups excluding carboxylic acids is 1. The van der Waals surface area contributed by atoms with Crippen LogP contribution in [0.1, 0.15) is 28.6 Å². The van der Waals surface area contributed by atoms with E-state index in [2.05, 4.69) is 9.88 Å². The molecular formula is C26H25ClFN5O3S. The Bertz CT molecular complexity index is 1440. The fourth-order valence-electron chi connectivity index (χ4n) is 5.01. The maximum Gasteiger partial charge on any atom is 0.261 e. The molecule has 1 saturated heterocycles. The van der Waals surface area contributed by atoms with E-state index in [4.69, 9.17) is 26.1 Å². The lowest BCUT2D eigenvalue weighted by Gasteiger charge is -2.35. The molecule has 0 aliphatic carbocycles. The molecule has 0 spiro atoms. The quantitative estimate of drug-likeness (QED) is 0.344. The maximum atomic E-state index is 14.9. The van der Waals surface area contributed by atoms with Crippen molar-refractivity contribution in [2.24, 2.45) is 0 Å². The Kier molecular flexibility index (Phi) is 6.81. The number of nitrogens with zero attached hydrogens (tertiary/aromatic N) is 5. The van der Waals surface area contributed by atoms with Gasteiger partial charge in [-0.25, -0.2) is 9.97 Å². The van der Waals surface area contributed by atoms with Crippen molar-refractivity contribution in [3.63, 3.8) is 0 Å². The van der Waals surface area contributed by atoms with Crippen molar-refractivity contribution < 1.29 is 18.7 Å². The number of pyridine rings is 1. The molecular weight excluding hydrogens is 517 g/mol. The Morgan fingerprint density at radius 1 is 1.24 bits per heavy atom. The lowest BCUT2D eigenvalue weighted by atomic mass is 9.96. The van der Waals surface area contributed by atoms with E-state index in [0.717, 1.165) is 54.8 Å². The third-order valence-corrected chi connectivity index (χ3v) is 7.85. The number of benzene rings is 1. The molecule has 0 radical (unpaired) electrons. The number of thiazole rings is 1. The topological polar surface area (TPSA) is 72.2 Å². The van der Waals surface area contributed by atoms with E-state index >= 15 is 0 Å². The zero-order chi connectivity index (χ0) is 25.4. The van der Waals surface area contributed by atoms with Crippen molar-refractivity contribution in [1.82, 2.24) is 24.2 Å². The molecule has 1 amide bonds. The van der Waals surface area contributed by atoms with E-state index in [-0.39, 0.29) is 12.5 Å². The third-order valence-electron chi connectivity index (χ3n) is 6.80. The molecule has 3 aromatic heterocycles. The Hall–Kier alpha value is -3.05. The Morgan fingerprint density at radius 2 is 2.11 bits per heavy atom. The van der Waals surface area contributed by atoms with Gasteiger partial charge in [0, 0.05) is 55.9 Å². The van der Waals surface area contributed by atoms with Gasteiger partial charge in [-0.1, -0.05) is 23.7 Å². The van der Waals surface area contributed by atoms with Crippen LogP contribution in [0.5, 0.6) is 5.75 Å². The van der Waals surface area contributed by atoms with E-state index in [0.29, 0.717) is 29.3 Å². The van der Waals surface area contributed by atoms with Crippen LogP contribution in [0.25, 0.3) is 4.96 Å². The summed E-state index contributed by atoms with van der Waals surface area (Å²) >= 11 is 8.01. The van der Waals surface area contributed by atoms with Gasteiger partial charge >= 0.3 is 0 Å². The molecule has 6 rings (SSSR count). The second-order valence-electron chi connectivity index (χ2n) is 9.06. The molecule has 1 atom stereocenters. The fraction of sp³-hybridized carbons (Fsp3) is 0.346. The monoisotopic (exact) mass is 541 g/mol. The van der Waals surface area contributed by atoms with E-state index in [1.54, 1.807) is 23.1 Å². The minimum Gasteiger partial charge on any atom is -0.482 e. The average Bonchev–Trinajstić information content (AvgIpc) is 3.50. The van der Waals surface area contributed by atoms with Gasteiger partial charge in [-0.05, 0) is 23.8 Å². The number of carbonyl (C=O) groups is 1. The van der Waals surface area contributed by atoms with E-state index in [1.807, 2.05) is 28.1 Å². The minimum absolute atomic E-state index is 0.220. The van der Waals surface area contributed by atoms with Crippen LogP contribution in [0.4, 0.5) is 4.39 Å². The van der Waals surface area contributed by atoms with Crippen LogP contribution in [0.15, 0.2) is 48.1 Å². The summed E-state index contributed by atoms with van der Waals surface area (Å²) in [7, 11) is 0. The van der Waals surface area contributed by atoms with Crippen molar-refractivity contribution in [3.05, 3.63) is 81.6 Å². The lowest BCUT2D eigenvalue weighted by Crippen LogP contribution is -2.43. The molecule has 11 heteroatoms. The second-order valence-corrected chi connectivity index (χ2v) is 10.3. The van der Waals surface area contributed by atoms with Crippen LogP contribution in [0.3, 0.4) is 0 Å². The summed E-state index contributed by atoms with van der Waals surface area (Å²) in [4.78, 5) is 26.8. The Balaban J connectivity index is 1.21. The number of halogens is 2. The molecule has 0 saturated carbocycles. The van der Waals surface area contributed by atoms with Gasteiger partial charge in [0.15, 0.2) is 11.6 Å². The molecule has 0 N–H and O–H groups in total. The van der Waals surface area contributed by atoms with Gasteiger partial charge in [0.25, 0.3) is 5.91 Å². The number of hydrogen-bond donors (Lipinski definition) is 0. The van der Waals surface area contributed by atoms with E-state index < -0.39 is 12.0 Å². The van der Waals surface area contributed by atoms with Crippen molar-refractivity contribution in [2.45, 2.75) is 19.0 Å². The predicted octanol–water partition coefficient (Wildman–Crippen LogP) is 3.97. The summed E-state index contributed by atoms with van der Waals surface area (Å²) in [6, 6.07) is 8.31. The highest BCUT2D eigenvalue weighted by atomic mass is 35.5. The van der Waals surface area contributed by atoms with Gasteiger partial charge in [0.05, 0.1) is 29.6 Å². The molecule has 2 aliphatic rings. The van der Waals surface area contributed by atoms with Crippen molar-refractivity contribution >= 4 is 33.8 Å². The number of hydrogen-bond acceptors (Lipinski definition) is 7.